The summed E-state index contributed by atoms with van der Waals surface area (Å²) in [6.07, 6.45) is 0.973. The van der Waals surface area contributed by atoms with Crippen molar-refractivity contribution in [1.29, 1.82) is 0 Å². The van der Waals surface area contributed by atoms with E-state index < -0.39 is 39.9 Å². The van der Waals surface area contributed by atoms with Crippen molar-refractivity contribution < 1.29 is 22.4 Å². The molecule has 0 bridgehead atoms. The van der Waals surface area contributed by atoms with Crippen molar-refractivity contribution in [3.8, 4) is 0 Å². The predicted molar refractivity (Wildman–Crippen MR) is 123 cm³/mol. The Bertz CT molecular complexity index is 1040. The Labute approximate surface area is 189 Å². The molecular formula is C23H30FN3O4S. The average Bonchev–Trinajstić information content (AvgIpc) is 2.69. The Balaban J connectivity index is 2.36. The van der Waals surface area contributed by atoms with E-state index in [4.69, 9.17) is 0 Å². The topological polar surface area (TPSA) is 86.8 Å². The molecule has 0 spiro atoms. The van der Waals surface area contributed by atoms with Gasteiger partial charge in [-0.3, -0.25) is 13.9 Å². The number of anilines is 1. The molecule has 0 aliphatic rings. The Kier molecular flexibility index (Phi) is 8.01. The van der Waals surface area contributed by atoms with Crippen LogP contribution in [-0.4, -0.2) is 49.5 Å². The normalized spacial score (nSPS) is 12.7. The van der Waals surface area contributed by atoms with Gasteiger partial charge in [0.1, 0.15) is 18.4 Å². The predicted octanol–water partition coefficient (Wildman–Crippen LogP) is 2.92. The quantitative estimate of drug-likeness (QED) is 0.652. The van der Waals surface area contributed by atoms with Gasteiger partial charge in [0.2, 0.25) is 21.8 Å². The maximum Gasteiger partial charge on any atom is 0.244 e. The van der Waals surface area contributed by atoms with E-state index in [9.17, 15) is 22.4 Å². The van der Waals surface area contributed by atoms with Crippen LogP contribution in [-0.2, 0) is 26.2 Å². The summed E-state index contributed by atoms with van der Waals surface area (Å²) in [6.45, 7) is 6.71. The minimum absolute atomic E-state index is 0.124. The summed E-state index contributed by atoms with van der Waals surface area (Å²) >= 11 is 0. The van der Waals surface area contributed by atoms with Gasteiger partial charge in [0.15, 0.2) is 0 Å². The number of carbonyl (C=O) groups is 2. The fraction of sp³-hybridized carbons (Fsp3) is 0.391. The van der Waals surface area contributed by atoms with Crippen LogP contribution in [0.1, 0.15) is 33.3 Å². The standard InChI is InChI=1S/C23H30FN3O4S/c1-17(22(29)25-23(2,3)4)26(15-18-9-7-6-8-10-18)21(28)16-27(32(5,30)31)20-13-11-19(24)12-14-20/h6-14,17H,15-16H2,1-5H3,(H,25,29)/t17-/m0/s1. The maximum atomic E-state index is 13.3. The first-order valence-electron chi connectivity index (χ1n) is 10.2. The van der Waals surface area contributed by atoms with Gasteiger partial charge in [-0.25, -0.2) is 12.8 Å². The van der Waals surface area contributed by atoms with E-state index in [1.165, 1.54) is 17.0 Å². The molecule has 2 aromatic carbocycles. The highest BCUT2D eigenvalue weighted by Gasteiger charge is 2.31. The maximum absolute atomic E-state index is 13.3. The number of hydrogen-bond donors (Lipinski definition) is 1. The van der Waals surface area contributed by atoms with E-state index in [1.807, 2.05) is 51.1 Å². The summed E-state index contributed by atoms with van der Waals surface area (Å²) in [4.78, 5) is 27.5. The summed E-state index contributed by atoms with van der Waals surface area (Å²) in [5.41, 5.74) is 0.456. The van der Waals surface area contributed by atoms with Gasteiger partial charge < -0.3 is 10.2 Å². The van der Waals surface area contributed by atoms with Crippen molar-refractivity contribution in [1.82, 2.24) is 10.2 Å². The van der Waals surface area contributed by atoms with Gasteiger partial charge in [0.05, 0.1) is 11.9 Å². The van der Waals surface area contributed by atoms with Gasteiger partial charge in [-0.1, -0.05) is 30.3 Å². The summed E-state index contributed by atoms with van der Waals surface area (Å²) < 4.78 is 39.0. The number of hydrogen-bond acceptors (Lipinski definition) is 4. The van der Waals surface area contributed by atoms with Crippen LogP contribution in [0.2, 0.25) is 0 Å². The Morgan fingerprint density at radius 1 is 1.03 bits per heavy atom. The van der Waals surface area contributed by atoms with E-state index in [1.54, 1.807) is 6.92 Å². The zero-order chi connectivity index (χ0) is 24.1. The highest BCUT2D eigenvalue weighted by atomic mass is 32.2. The SMILES string of the molecule is C[C@@H](C(=O)NC(C)(C)C)N(Cc1ccccc1)C(=O)CN(c1ccc(F)cc1)S(C)(=O)=O. The molecule has 0 unspecified atom stereocenters. The third-order valence-corrected chi connectivity index (χ3v) is 5.80. The largest absolute Gasteiger partial charge is 0.350 e. The van der Waals surface area contributed by atoms with Crippen LogP contribution in [0.4, 0.5) is 10.1 Å². The van der Waals surface area contributed by atoms with Crippen molar-refractivity contribution in [2.75, 3.05) is 17.1 Å². The number of nitrogens with one attached hydrogen (secondary N) is 1. The van der Waals surface area contributed by atoms with Crippen LogP contribution < -0.4 is 9.62 Å². The number of rotatable bonds is 8. The lowest BCUT2D eigenvalue weighted by Crippen LogP contribution is -2.54. The number of benzene rings is 2. The highest BCUT2D eigenvalue weighted by Crippen LogP contribution is 2.19. The molecule has 1 N–H and O–H groups in total. The Morgan fingerprint density at radius 3 is 2.09 bits per heavy atom. The average molecular weight is 464 g/mol. The van der Waals surface area contributed by atoms with Crippen LogP contribution in [0.3, 0.4) is 0 Å². The lowest BCUT2D eigenvalue weighted by Gasteiger charge is -2.33. The molecule has 0 aromatic heterocycles. The number of sulfonamides is 1. The van der Waals surface area contributed by atoms with E-state index >= 15 is 0 Å². The molecule has 0 saturated heterocycles. The minimum atomic E-state index is -3.84. The third-order valence-electron chi connectivity index (χ3n) is 4.66. The summed E-state index contributed by atoms with van der Waals surface area (Å²) in [5.74, 6) is -1.43. The summed E-state index contributed by atoms with van der Waals surface area (Å²) in [7, 11) is -3.84. The molecule has 0 aliphatic heterocycles. The van der Waals surface area contributed by atoms with Gasteiger partial charge in [-0.2, -0.15) is 0 Å². The van der Waals surface area contributed by atoms with Gasteiger partial charge >= 0.3 is 0 Å². The number of amides is 2. The molecule has 7 nitrogen and oxygen atoms in total. The van der Waals surface area contributed by atoms with Crippen molar-refractivity contribution in [3.05, 3.63) is 66.0 Å². The summed E-state index contributed by atoms with van der Waals surface area (Å²) in [6, 6.07) is 13.1. The second-order valence-electron chi connectivity index (χ2n) is 8.67. The Morgan fingerprint density at radius 2 is 1.59 bits per heavy atom. The van der Waals surface area contributed by atoms with Gasteiger partial charge in [-0.15, -0.1) is 0 Å². The van der Waals surface area contributed by atoms with Crippen molar-refractivity contribution in [3.63, 3.8) is 0 Å². The molecule has 2 amide bonds. The first-order valence-corrected chi connectivity index (χ1v) is 12.0. The van der Waals surface area contributed by atoms with E-state index in [0.29, 0.717) is 0 Å². The Hall–Kier alpha value is -2.94. The molecule has 0 heterocycles. The molecule has 2 aromatic rings. The first kappa shape index (κ1) is 25.3. The number of nitrogens with zero attached hydrogens (tertiary/aromatic N) is 2. The fourth-order valence-electron chi connectivity index (χ4n) is 3.06. The van der Waals surface area contributed by atoms with E-state index in [2.05, 4.69) is 5.32 Å². The van der Waals surface area contributed by atoms with Gasteiger partial charge in [-0.05, 0) is 57.5 Å². The fourth-order valence-corrected chi connectivity index (χ4v) is 3.91. The summed E-state index contributed by atoms with van der Waals surface area (Å²) in [5, 5.41) is 2.86. The highest BCUT2D eigenvalue weighted by molar-refractivity contribution is 7.92. The van der Waals surface area contributed by atoms with Crippen LogP contribution in [0, 0.1) is 5.82 Å². The minimum Gasteiger partial charge on any atom is -0.350 e. The van der Waals surface area contributed by atoms with Gasteiger partial charge in [0.25, 0.3) is 0 Å². The lowest BCUT2D eigenvalue weighted by molar-refractivity contribution is -0.140. The van der Waals surface area contributed by atoms with Crippen LogP contribution in [0.5, 0.6) is 0 Å². The molecule has 0 radical (unpaired) electrons. The van der Waals surface area contributed by atoms with Crippen molar-refractivity contribution in [2.24, 2.45) is 0 Å². The van der Waals surface area contributed by atoms with Crippen molar-refractivity contribution >= 4 is 27.5 Å². The number of halogens is 1. The van der Waals surface area contributed by atoms with E-state index in [-0.39, 0.29) is 18.1 Å². The molecular weight excluding hydrogens is 433 g/mol. The van der Waals surface area contributed by atoms with Crippen LogP contribution in [0.15, 0.2) is 54.6 Å². The van der Waals surface area contributed by atoms with E-state index in [0.717, 1.165) is 28.3 Å². The third kappa shape index (κ3) is 7.33. The molecule has 32 heavy (non-hydrogen) atoms. The molecule has 0 saturated carbocycles. The molecule has 2 rings (SSSR count). The van der Waals surface area contributed by atoms with Crippen LogP contribution in [0.25, 0.3) is 0 Å². The molecule has 1 atom stereocenters. The zero-order valence-electron chi connectivity index (χ0n) is 19.0. The first-order chi connectivity index (χ1) is 14.8. The lowest BCUT2D eigenvalue weighted by atomic mass is 10.1. The molecule has 0 fully saturated rings. The van der Waals surface area contributed by atoms with Crippen molar-refractivity contribution in [2.45, 2.75) is 45.8 Å². The number of carbonyl (C=O) groups excluding carboxylic acids is 2. The molecule has 0 aliphatic carbocycles. The smallest absolute Gasteiger partial charge is 0.244 e. The molecule has 9 heteroatoms. The second kappa shape index (κ2) is 10.1. The second-order valence-corrected chi connectivity index (χ2v) is 10.6. The monoisotopic (exact) mass is 463 g/mol. The van der Waals surface area contributed by atoms with Crippen LogP contribution >= 0.6 is 0 Å². The molecule has 174 valence electrons. The van der Waals surface area contributed by atoms with Gasteiger partial charge in [0, 0.05) is 12.1 Å². The zero-order valence-corrected chi connectivity index (χ0v) is 19.8.